The van der Waals surface area contributed by atoms with Gasteiger partial charge in [-0.05, 0) is 12.1 Å². The predicted octanol–water partition coefficient (Wildman–Crippen LogP) is 1.54. The van der Waals surface area contributed by atoms with Gasteiger partial charge in [-0.2, -0.15) is 5.26 Å². The first-order valence-corrected chi connectivity index (χ1v) is 3.73. The third kappa shape index (κ3) is 1.02. The minimum atomic E-state index is -0.254. The molecular weight excluding hydrogens is 155 g/mol. The molecule has 0 saturated carbocycles. The minimum Gasteiger partial charge on any atom is -0.349 e. The Kier molecular flexibility index (Phi) is 1.47. The summed E-state index contributed by atoms with van der Waals surface area (Å²) >= 11 is 0. The number of para-hydroxylation sites is 1. The highest BCUT2D eigenvalue weighted by Crippen LogP contribution is 2.29. The van der Waals surface area contributed by atoms with Crippen molar-refractivity contribution in [1.82, 2.24) is 0 Å². The van der Waals surface area contributed by atoms with Crippen molar-refractivity contribution >= 4 is 5.69 Å². The zero-order valence-corrected chi connectivity index (χ0v) is 6.37. The van der Waals surface area contributed by atoms with Crippen LogP contribution in [0.25, 0.3) is 0 Å². The fourth-order valence-electron chi connectivity index (χ4n) is 1.20. The van der Waals surface area contributed by atoms with E-state index in [1.54, 1.807) is 23.1 Å². The maximum Gasteiger partial charge on any atom is 0.146 e. The summed E-state index contributed by atoms with van der Waals surface area (Å²) in [7, 11) is 0. The van der Waals surface area contributed by atoms with E-state index in [9.17, 15) is 4.39 Å². The molecule has 12 heavy (non-hydrogen) atoms. The molecule has 1 heterocycles. The summed E-state index contributed by atoms with van der Waals surface area (Å²) in [6.07, 6.45) is 0. The van der Waals surface area contributed by atoms with E-state index < -0.39 is 0 Å². The highest BCUT2D eigenvalue weighted by Gasteiger charge is 2.35. The lowest BCUT2D eigenvalue weighted by Crippen LogP contribution is -1.98. The molecule has 0 N–H and O–H groups in total. The average molecular weight is 162 g/mol. The van der Waals surface area contributed by atoms with Crippen molar-refractivity contribution in [2.24, 2.45) is 0 Å². The van der Waals surface area contributed by atoms with Crippen LogP contribution in [0.3, 0.4) is 0 Å². The first-order chi connectivity index (χ1) is 5.83. The number of nitriles is 1. The van der Waals surface area contributed by atoms with E-state index >= 15 is 0 Å². The highest BCUT2D eigenvalue weighted by molar-refractivity contribution is 5.57. The lowest BCUT2D eigenvalue weighted by atomic mass is 10.3. The van der Waals surface area contributed by atoms with Crippen LogP contribution in [0.4, 0.5) is 10.1 Å². The Morgan fingerprint density at radius 1 is 1.50 bits per heavy atom. The summed E-state index contributed by atoms with van der Waals surface area (Å²) in [5, 5.41) is 8.51. The van der Waals surface area contributed by atoms with Crippen LogP contribution in [-0.2, 0) is 0 Å². The molecule has 0 bridgehead atoms. The number of rotatable bonds is 1. The molecule has 2 rings (SSSR count). The maximum absolute atomic E-state index is 13.0. The van der Waals surface area contributed by atoms with Crippen LogP contribution in [-0.4, -0.2) is 12.6 Å². The van der Waals surface area contributed by atoms with Crippen LogP contribution in [0.1, 0.15) is 0 Å². The molecule has 1 aliphatic heterocycles. The SMILES string of the molecule is N#CC1CN1c1ccccc1F. The number of nitrogens with zero attached hydrogens (tertiary/aromatic N) is 2. The monoisotopic (exact) mass is 162 g/mol. The van der Waals surface area contributed by atoms with E-state index in [2.05, 4.69) is 6.07 Å². The van der Waals surface area contributed by atoms with Crippen molar-refractivity contribution in [1.29, 1.82) is 5.26 Å². The quantitative estimate of drug-likeness (QED) is 0.585. The summed E-state index contributed by atoms with van der Waals surface area (Å²) in [6.45, 7) is 0.650. The van der Waals surface area contributed by atoms with E-state index in [4.69, 9.17) is 5.26 Å². The van der Waals surface area contributed by atoms with Gasteiger partial charge in [0, 0.05) is 0 Å². The lowest BCUT2D eigenvalue weighted by Gasteiger charge is -2.02. The predicted molar refractivity (Wildman–Crippen MR) is 43.1 cm³/mol. The largest absolute Gasteiger partial charge is 0.349 e. The van der Waals surface area contributed by atoms with Gasteiger partial charge in [-0.15, -0.1) is 0 Å². The smallest absolute Gasteiger partial charge is 0.146 e. The van der Waals surface area contributed by atoms with Gasteiger partial charge in [0.05, 0.1) is 18.3 Å². The van der Waals surface area contributed by atoms with E-state index in [0.717, 1.165) is 0 Å². The number of anilines is 1. The Morgan fingerprint density at radius 3 is 2.83 bits per heavy atom. The minimum absolute atomic E-state index is 0.123. The number of hydrogen-bond acceptors (Lipinski definition) is 2. The number of benzene rings is 1. The van der Waals surface area contributed by atoms with Crippen LogP contribution in [0.2, 0.25) is 0 Å². The lowest BCUT2D eigenvalue weighted by molar-refractivity contribution is 0.629. The Balaban J connectivity index is 2.26. The van der Waals surface area contributed by atoms with Gasteiger partial charge in [0.2, 0.25) is 0 Å². The van der Waals surface area contributed by atoms with E-state index in [-0.39, 0.29) is 11.9 Å². The third-order valence-corrected chi connectivity index (χ3v) is 1.92. The molecule has 1 fully saturated rings. The molecule has 1 saturated heterocycles. The molecule has 0 aromatic heterocycles. The van der Waals surface area contributed by atoms with Crippen LogP contribution in [0, 0.1) is 17.1 Å². The zero-order valence-electron chi connectivity index (χ0n) is 6.37. The second-order valence-electron chi connectivity index (χ2n) is 2.75. The Labute approximate surface area is 69.8 Å². The molecule has 0 amide bonds. The van der Waals surface area contributed by atoms with Gasteiger partial charge in [0.25, 0.3) is 0 Å². The van der Waals surface area contributed by atoms with E-state index in [1.165, 1.54) is 6.07 Å². The zero-order chi connectivity index (χ0) is 8.55. The maximum atomic E-state index is 13.0. The fourth-order valence-corrected chi connectivity index (χ4v) is 1.20. The molecule has 0 aliphatic carbocycles. The Morgan fingerprint density at radius 2 is 2.25 bits per heavy atom. The van der Waals surface area contributed by atoms with Crippen molar-refractivity contribution in [2.75, 3.05) is 11.4 Å². The molecule has 1 aromatic rings. The van der Waals surface area contributed by atoms with Crippen LogP contribution in [0.5, 0.6) is 0 Å². The van der Waals surface area contributed by atoms with E-state index in [0.29, 0.717) is 12.2 Å². The second-order valence-corrected chi connectivity index (χ2v) is 2.75. The summed E-state index contributed by atoms with van der Waals surface area (Å²) in [6, 6.07) is 8.45. The fraction of sp³-hybridized carbons (Fsp3) is 0.222. The van der Waals surface area contributed by atoms with Crippen molar-refractivity contribution < 1.29 is 4.39 Å². The van der Waals surface area contributed by atoms with Gasteiger partial charge in [0.1, 0.15) is 11.9 Å². The van der Waals surface area contributed by atoms with Gasteiger partial charge in [-0.1, -0.05) is 12.1 Å². The van der Waals surface area contributed by atoms with Gasteiger partial charge < -0.3 is 4.90 Å². The van der Waals surface area contributed by atoms with Gasteiger partial charge in [-0.3, -0.25) is 0 Å². The summed E-state index contributed by atoms with van der Waals surface area (Å²) in [4.78, 5) is 1.73. The molecule has 1 aliphatic rings. The third-order valence-electron chi connectivity index (χ3n) is 1.92. The van der Waals surface area contributed by atoms with Gasteiger partial charge in [-0.25, -0.2) is 4.39 Å². The second kappa shape index (κ2) is 2.49. The van der Waals surface area contributed by atoms with Gasteiger partial charge >= 0.3 is 0 Å². The van der Waals surface area contributed by atoms with E-state index in [1.807, 2.05) is 0 Å². The molecule has 1 unspecified atom stereocenters. The van der Waals surface area contributed by atoms with Crippen LogP contribution >= 0.6 is 0 Å². The van der Waals surface area contributed by atoms with Crippen LogP contribution in [0.15, 0.2) is 24.3 Å². The average Bonchev–Trinajstić information content (AvgIpc) is 2.84. The summed E-state index contributed by atoms with van der Waals surface area (Å²) in [5.74, 6) is -0.254. The topological polar surface area (TPSA) is 26.8 Å². The summed E-state index contributed by atoms with van der Waals surface area (Å²) < 4.78 is 13.0. The Bertz CT molecular complexity index is 343. The molecule has 1 atom stereocenters. The Hall–Kier alpha value is -1.56. The number of halogens is 1. The molecule has 3 heteroatoms. The first-order valence-electron chi connectivity index (χ1n) is 3.73. The van der Waals surface area contributed by atoms with Crippen molar-refractivity contribution in [3.63, 3.8) is 0 Å². The van der Waals surface area contributed by atoms with Crippen LogP contribution < -0.4 is 4.90 Å². The summed E-state index contributed by atoms with van der Waals surface area (Å²) in [5.41, 5.74) is 0.532. The first kappa shape index (κ1) is 7.11. The van der Waals surface area contributed by atoms with Gasteiger partial charge in [0.15, 0.2) is 0 Å². The van der Waals surface area contributed by atoms with Crippen molar-refractivity contribution in [3.8, 4) is 6.07 Å². The van der Waals surface area contributed by atoms with Crippen molar-refractivity contribution in [2.45, 2.75) is 6.04 Å². The number of hydrogen-bond donors (Lipinski definition) is 0. The molecular formula is C9H7FN2. The highest BCUT2D eigenvalue weighted by atomic mass is 19.1. The molecule has 2 nitrogen and oxygen atoms in total. The molecule has 1 aromatic carbocycles. The van der Waals surface area contributed by atoms with Crippen molar-refractivity contribution in [3.05, 3.63) is 30.1 Å². The molecule has 60 valence electrons. The normalized spacial score (nSPS) is 20.3. The molecule has 0 spiro atoms. The molecule has 0 radical (unpaired) electrons. The standard InChI is InChI=1S/C9H7FN2/c10-8-3-1-2-4-9(8)12-6-7(12)5-11/h1-4,7H,6H2.